The molecule has 4 heterocycles. The van der Waals surface area contributed by atoms with Crippen LogP contribution < -0.4 is 0 Å². The Labute approximate surface area is 152 Å². The molecule has 0 fully saturated rings. The van der Waals surface area contributed by atoms with Crippen molar-refractivity contribution in [3.63, 3.8) is 0 Å². The third-order valence-electron chi connectivity index (χ3n) is 4.69. The van der Waals surface area contributed by atoms with Gasteiger partial charge in [0.15, 0.2) is 0 Å². The Morgan fingerprint density at radius 3 is 2.88 bits per heavy atom. The van der Waals surface area contributed by atoms with Gasteiger partial charge in [0.1, 0.15) is 17.6 Å². The number of aromatic nitrogens is 3. The quantitative estimate of drug-likeness (QED) is 0.849. The highest BCUT2D eigenvalue weighted by atomic mass is 16.6. The number of carbonyl (C=O) groups excluding carboxylic acids is 1. The zero-order chi connectivity index (χ0) is 18.3. The second-order valence-corrected chi connectivity index (χ2v) is 7.74. The molecule has 0 radical (unpaired) electrons. The number of carbonyl (C=O) groups is 1. The van der Waals surface area contributed by atoms with Crippen LogP contribution >= 0.6 is 0 Å². The van der Waals surface area contributed by atoms with Crippen molar-refractivity contribution in [2.75, 3.05) is 19.7 Å². The van der Waals surface area contributed by atoms with Crippen LogP contribution in [0.15, 0.2) is 12.4 Å². The number of nitrogens with one attached hydrogen (secondary N) is 1. The molecular weight excluding hydrogens is 332 g/mol. The van der Waals surface area contributed by atoms with E-state index in [0.29, 0.717) is 19.7 Å². The topological polar surface area (TPSA) is 80.3 Å². The van der Waals surface area contributed by atoms with Crippen LogP contribution in [0, 0.1) is 0 Å². The third-order valence-corrected chi connectivity index (χ3v) is 4.69. The highest BCUT2D eigenvalue weighted by molar-refractivity contribution is 5.92. The number of rotatable bonds is 1. The minimum atomic E-state index is -0.482. The van der Waals surface area contributed by atoms with Crippen LogP contribution in [0.4, 0.5) is 4.79 Å². The number of H-pyrrole nitrogens is 1. The molecule has 2 aromatic rings. The first-order valence-electron chi connectivity index (χ1n) is 9.02. The smallest absolute Gasteiger partial charge is 0.410 e. The van der Waals surface area contributed by atoms with Crippen molar-refractivity contribution in [1.82, 2.24) is 19.9 Å². The van der Waals surface area contributed by atoms with Crippen LogP contribution in [0.5, 0.6) is 0 Å². The van der Waals surface area contributed by atoms with Crippen molar-refractivity contribution in [3.05, 3.63) is 29.4 Å². The summed E-state index contributed by atoms with van der Waals surface area (Å²) in [5.74, 6) is 0. The van der Waals surface area contributed by atoms with Crippen LogP contribution in [0.1, 0.15) is 44.1 Å². The van der Waals surface area contributed by atoms with Crippen molar-refractivity contribution >= 4 is 22.7 Å². The van der Waals surface area contributed by atoms with E-state index in [9.17, 15) is 4.79 Å². The molecule has 0 saturated carbocycles. The first-order chi connectivity index (χ1) is 12.4. The number of hydrogen-bond acceptors (Lipinski definition) is 5. The van der Waals surface area contributed by atoms with Gasteiger partial charge in [-0.1, -0.05) is 6.08 Å². The lowest BCUT2D eigenvalue weighted by Crippen LogP contribution is -2.39. The second-order valence-electron chi connectivity index (χ2n) is 7.74. The largest absolute Gasteiger partial charge is 0.444 e. The molecule has 1 amide bonds. The molecule has 0 atom stereocenters. The van der Waals surface area contributed by atoms with E-state index in [2.05, 4.69) is 21.0 Å². The van der Waals surface area contributed by atoms with Crippen LogP contribution in [0.2, 0.25) is 0 Å². The maximum Gasteiger partial charge on any atom is 0.410 e. The molecule has 0 bridgehead atoms. The lowest BCUT2D eigenvalue weighted by molar-refractivity contribution is 0.0270. The Hall–Kier alpha value is -2.41. The van der Waals surface area contributed by atoms with Gasteiger partial charge in [-0.15, -0.1) is 0 Å². The van der Waals surface area contributed by atoms with E-state index in [1.165, 1.54) is 5.69 Å². The normalized spacial score (nSPS) is 17.8. The summed E-state index contributed by atoms with van der Waals surface area (Å²) in [4.78, 5) is 26.3. The Morgan fingerprint density at radius 1 is 1.31 bits per heavy atom. The van der Waals surface area contributed by atoms with E-state index >= 15 is 0 Å². The molecule has 2 aliphatic heterocycles. The molecule has 7 heteroatoms. The lowest BCUT2D eigenvalue weighted by Gasteiger charge is -2.29. The van der Waals surface area contributed by atoms with Crippen molar-refractivity contribution in [3.8, 4) is 0 Å². The summed E-state index contributed by atoms with van der Waals surface area (Å²) in [5.41, 5.74) is 4.83. The van der Waals surface area contributed by atoms with Gasteiger partial charge in [0.05, 0.1) is 24.3 Å². The number of hydrogen-bond donors (Lipinski definition) is 1. The molecule has 0 spiro atoms. The van der Waals surface area contributed by atoms with Crippen molar-refractivity contribution < 1.29 is 14.3 Å². The summed E-state index contributed by atoms with van der Waals surface area (Å²) in [5, 5.41) is 1.05. The molecule has 2 aromatic heterocycles. The van der Waals surface area contributed by atoms with E-state index in [-0.39, 0.29) is 6.09 Å². The number of fused-ring (bicyclic) bond motifs is 3. The summed E-state index contributed by atoms with van der Waals surface area (Å²) in [6.45, 7) is 8.11. The zero-order valence-corrected chi connectivity index (χ0v) is 15.5. The summed E-state index contributed by atoms with van der Waals surface area (Å²) < 4.78 is 11.1. The Kier molecular flexibility index (Phi) is 4.19. The standard InChI is InChI=1S/C19H24N4O3/c1-19(2,3)26-18(24)23-7-4-12(5-8-23)16-15-13-10-25-9-6-14(13)22-17(15)21-11-20-16/h4,11H,5-10H2,1-3H3,(H,20,21,22). The summed E-state index contributed by atoms with van der Waals surface area (Å²) in [7, 11) is 0. The highest BCUT2D eigenvalue weighted by Gasteiger charge is 2.26. The molecule has 138 valence electrons. The van der Waals surface area contributed by atoms with Gasteiger partial charge in [0.25, 0.3) is 0 Å². The molecule has 0 unspecified atom stereocenters. The summed E-state index contributed by atoms with van der Waals surface area (Å²) >= 11 is 0. The minimum Gasteiger partial charge on any atom is -0.444 e. The zero-order valence-electron chi connectivity index (χ0n) is 15.5. The molecule has 4 rings (SSSR count). The van der Waals surface area contributed by atoms with E-state index in [1.807, 2.05) is 20.8 Å². The van der Waals surface area contributed by atoms with Gasteiger partial charge in [-0.05, 0) is 32.8 Å². The van der Waals surface area contributed by atoms with Crippen molar-refractivity contribution in [1.29, 1.82) is 0 Å². The third kappa shape index (κ3) is 3.19. The molecule has 0 aliphatic carbocycles. The predicted molar refractivity (Wildman–Crippen MR) is 97.6 cm³/mol. The number of ether oxygens (including phenoxy) is 2. The van der Waals surface area contributed by atoms with Crippen LogP contribution in [0.3, 0.4) is 0 Å². The van der Waals surface area contributed by atoms with Gasteiger partial charge in [-0.25, -0.2) is 14.8 Å². The lowest BCUT2D eigenvalue weighted by atomic mass is 9.99. The minimum absolute atomic E-state index is 0.270. The van der Waals surface area contributed by atoms with Gasteiger partial charge in [-0.3, -0.25) is 0 Å². The molecule has 26 heavy (non-hydrogen) atoms. The molecule has 0 aromatic carbocycles. The fourth-order valence-electron chi connectivity index (χ4n) is 3.48. The average molecular weight is 356 g/mol. The molecule has 7 nitrogen and oxygen atoms in total. The monoisotopic (exact) mass is 356 g/mol. The number of nitrogens with zero attached hydrogens (tertiary/aromatic N) is 3. The van der Waals surface area contributed by atoms with E-state index in [4.69, 9.17) is 9.47 Å². The first-order valence-corrected chi connectivity index (χ1v) is 9.02. The second kappa shape index (κ2) is 6.39. The van der Waals surface area contributed by atoms with Gasteiger partial charge in [-0.2, -0.15) is 0 Å². The van der Waals surface area contributed by atoms with E-state index < -0.39 is 5.60 Å². The fourth-order valence-corrected chi connectivity index (χ4v) is 3.48. The van der Waals surface area contributed by atoms with Gasteiger partial charge >= 0.3 is 6.09 Å². The van der Waals surface area contributed by atoms with Crippen LogP contribution in [-0.4, -0.2) is 51.2 Å². The highest BCUT2D eigenvalue weighted by Crippen LogP contribution is 2.32. The Balaban J connectivity index is 1.61. The summed E-state index contributed by atoms with van der Waals surface area (Å²) in [6, 6.07) is 0. The average Bonchev–Trinajstić information content (AvgIpc) is 2.99. The summed E-state index contributed by atoms with van der Waals surface area (Å²) in [6.07, 6.45) is 5.01. The van der Waals surface area contributed by atoms with E-state index in [0.717, 1.165) is 47.3 Å². The number of amides is 1. The van der Waals surface area contributed by atoms with Gasteiger partial charge < -0.3 is 19.4 Å². The maximum atomic E-state index is 12.2. The maximum absolute atomic E-state index is 12.2. The molecular formula is C19H24N4O3. The number of aromatic amines is 1. The molecule has 1 N–H and O–H groups in total. The van der Waals surface area contributed by atoms with Crippen LogP contribution in [0.25, 0.3) is 16.6 Å². The van der Waals surface area contributed by atoms with E-state index in [1.54, 1.807) is 11.2 Å². The van der Waals surface area contributed by atoms with Crippen molar-refractivity contribution in [2.45, 2.75) is 45.8 Å². The van der Waals surface area contributed by atoms with Crippen LogP contribution in [-0.2, 0) is 22.5 Å². The Bertz CT molecular complexity index is 879. The van der Waals surface area contributed by atoms with Gasteiger partial charge in [0, 0.05) is 30.8 Å². The first kappa shape index (κ1) is 17.0. The van der Waals surface area contributed by atoms with Gasteiger partial charge in [0.2, 0.25) is 0 Å². The predicted octanol–water partition coefficient (Wildman–Crippen LogP) is 3.05. The van der Waals surface area contributed by atoms with Crippen molar-refractivity contribution in [2.24, 2.45) is 0 Å². The SMILES string of the molecule is CC(C)(C)OC(=O)N1CC=C(c2ncnc3[nH]c4c(c23)COCC4)CC1. The fraction of sp³-hybridized carbons (Fsp3) is 0.526. The Morgan fingerprint density at radius 2 is 2.15 bits per heavy atom. The molecule has 2 aliphatic rings. The molecule has 0 saturated heterocycles.